The number of benzene rings is 1. The number of piperidine rings is 1. The number of methoxy groups -OCH3 is 1. The maximum atomic E-state index is 12.9. The van der Waals surface area contributed by atoms with Gasteiger partial charge < -0.3 is 19.5 Å². The summed E-state index contributed by atoms with van der Waals surface area (Å²) >= 11 is 0. The molecular formula is C21H23N5O3. The minimum atomic E-state index is -0.225. The summed E-state index contributed by atoms with van der Waals surface area (Å²) in [5.74, 6) is 1.74. The van der Waals surface area contributed by atoms with E-state index in [4.69, 9.17) is 9.26 Å². The monoisotopic (exact) mass is 393 g/mol. The van der Waals surface area contributed by atoms with Gasteiger partial charge in [0.25, 0.3) is 0 Å². The molecule has 0 aliphatic carbocycles. The molecule has 8 nitrogen and oxygen atoms in total. The Bertz CT molecular complexity index is 960. The van der Waals surface area contributed by atoms with Gasteiger partial charge in [-0.25, -0.2) is 4.79 Å². The minimum absolute atomic E-state index is 0.138. The van der Waals surface area contributed by atoms with E-state index in [0.29, 0.717) is 24.8 Å². The van der Waals surface area contributed by atoms with Crippen LogP contribution in [0.5, 0.6) is 5.75 Å². The van der Waals surface area contributed by atoms with Gasteiger partial charge in [-0.3, -0.25) is 4.98 Å². The highest BCUT2D eigenvalue weighted by Crippen LogP contribution is 2.31. The highest BCUT2D eigenvalue weighted by Gasteiger charge is 2.32. The quantitative estimate of drug-likeness (QED) is 0.712. The van der Waals surface area contributed by atoms with Gasteiger partial charge in [0, 0.05) is 31.0 Å². The molecule has 8 heteroatoms. The average molecular weight is 393 g/mol. The molecule has 2 aromatic heterocycles. The van der Waals surface area contributed by atoms with Crippen molar-refractivity contribution < 1.29 is 14.1 Å². The lowest BCUT2D eigenvalue weighted by Gasteiger charge is -2.33. The fourth-order valence-corrected chi connectivity index (χ4v) is 3.48. The normalized spacial score (nSPS) is 16.4. The Labute approximate surface area is 168 Å². The molecule has 150 valence electrons. The van der Waals surface area contributed by atoms with Gasteiger partial charge in [-0.05, 0) is 49.1 Å². The third kappa shape index (κ3) is 4.37. The van der Waals surface area contributed by atoms with Crippen LogP contribution >= 0.6 is 0 Å². The van der Waals surface area contributed by atoms with Gasteiger partial charge in [0.05, 0.1) is 7.11 Å². The first-order valence-electron chi connectivity index (χ1n) is 9.66. The van der Waals surface area contributed by atoms with Crippen molar-refractivity contribution in [2.75, 3.05) is 13.7 Å². The molecule has 1 saturated heterocycles. The number of carbonyl (C=O) groups excluding carboxylic acids is 1. The molecule has 1 fully saturated rings. The van der Waals surface area contributed by atoms with Crippen LogP contribution in [-0.2, 0) is 6.54 Å². The number of hydrogen-bond acceptors (Lipinski definition) is 6. The molecule has 0 bridgehead atoms. The number of likely N-dealkylation sites (tertiary alicyclic amines) is 1. The number of pyridine rings is 1. The molecule has 1 atom stereocenters. The summed E-state index contributed by atoms with van der Waals surface area (Å²) in [5, 5.41) is 7.07. The van der Waals surface area contributed by atoms with Crippen molar-refractivity contribution in [3.05, 3.63) is 60.2 Å². The second kappa shape index (κ2) is 8.72. The summed E-state index contributed by atoms with van der Waals surface area (Å²) in [4.78, 5) is 23.2. The van der Waals surface area contributed by atoms with Crippen molar-refractivity contribution >= 4 is 6.03 Å². The Morgan fingerprint density at radius 2 is 2.14 bits per heavy atom. The lowest BCUT2D eigenvalue weighted by Crippen LogP contribution is -2.44. The van der Waals surface area contributed by atoms with Crippen molar-refractivity contribution in [3.63, 3.8) is 0 Å². The number of hydrogen-bond donors (Lipinski definition) is 1. The maximum absolute atomic E-state index is 12.9. The van der Waals surface area contributed by atoms with Crippen LogP contribution in [-0.4, -0.2) is 39.7 Å². The summed E-state index contributed by atoms with van der Waals surface area (Å²) in [5.41, 5.74) is 1.81. The van der Waals surface area contributed by atoms with E-state index in [9.17, 15) is 4.79 Å². The number of urea groups is 1. The fraction of sp³-hybridized carbons (Fsp3) is 0.333. The zero-order valence-electron chi connectivity index (χ0n) is 16.2. The first-order chi connectivity index (χ1) is 14.2. The van der Waals surface area contributed by atoms with Gasteiger partial charge in [0.1, 0.15) is 11.8 Å². The molecule has 0 spiro atoms. The van der Waals surface area contributed by atoms with Gasteiger partial charge in [0.15, 0.2) is 0 Å². The van der Waals surface area contributed by atoms with Crippen LogP contribution in [0.1, 0.15) is 36.8 Å². The van der Waals surface area contributed by atoms with Gasteiger partial charge >= 0.3 is 6.03 Å². The van der Waals surface area contributed by atoms with E-state index < -0.39 is 0 Å². The van der Waals surface area contributed by atoms with Crippen molar-refractivity contribution in [2.45, 2.75) is 31.8 Å². The standard InChI is InChI=1S/C21H23N5O3/c1-28-17-6-4-5-15(13-17)14-23-21(27)26-12-3-2-7-18(26)20-24-19(25-29-20)16-8-10-22-11-9-16/h4-6,8-11,13,18H,2-3,7,12,14H2,1H3,(H,23,27)/t18-/m1/s1. The molecule has 1 aliphatic heterocycles. The summed E-state index contributed by atoms with van der Waals surface area (Å²) in [7, 11) is 1.63. The summed E-state index contributed by atoms with van der Waals surface area (Å²) in [6.07, 6.45) is 6.13. The van der Waals surface area contributed by atoms with Crippen molar-refractivity contribution in [3.8, 4) is 17.1 Å². The zero-order chi connectivity index (χ0) is 20.1. The Morgan fingerprint density at radius 1 is 1.28 bits per heavy atom. The number of aromatic nitrogens is 3. The molecule has 1 N–H and O–H groups in total. The SMILES string of the molecule is COc1cccc(CNC(=O)N2CCCC[C@@H]2c2nc(-c3ccncc3)no2)c1. The van der Waals surface area contributed by atoms with E-state index in [0.717, 1.165) is 36.1 Å². The molecule has 4 rings (SSSR count). The molecule has 1 aromatic carbocycles. The van der Waals surface area contributed by atoms with Crippen LogP contribution in [0.15, 0.2) is 53.3 Å². The van der Waals surface area contributed by atoms with E-state index in [1.54, 1.807) is 24.4 Å². The molecule has 3 aromatic rings. The lowest BCUT2D eigenvalue weighted by molar-refractivity contribution is 0.131. The van der Waals surface area contributed by atoms with E-state index >= 15 is 0 Å². The van der Waals surface area contributed by atoms with Crippen LogP contribution in [0.4, 0.5) is 4.79 Å². The predicted molar refractivity (Wildman–Crippen MR) is 106 cm³/mol. The van der Waals surface area contributed by atoms with Crippen molar-refractivity contribution in [1.82, 2.24) is 25.3 Å². The summed E-state index contributed by atoms with van der Waals surface area (Å²) < 4.78 is 10.7. The van der Waals surface area contributed by atoms with E-state index in [-0.39, 0.29) is 12.1 Å². The number of carbonyl (C=O) groups is 1. The van der Waals surface area contributed by atoms with E-state index in [1.807, 2.05) is 36.4 Å². The largest absolute Gasteiger partial charge is 0.497 e. The molecular weight excluding hydrogens is 370 g/mol. The van der Waals surface area contributed by atoms with Crippen LogP contribution in [0.2, 0.25) is 0 Å². The third-order valence-electron chi connectivity index (χ3n) is 5.01. The van der Waals surface area contributed by atoms with Crippen molar-refractivity contribution in [1.29, 1.82) is 0 Å². The Balaban J connectivity index is 1.46. The smallest absolute Gasteiger partial charge is 0.318 e. The molecule has 0 radical (unpaired) electrons. The molecule has 0 unspecified atom stereocenters. The van der Waals surface area contributed by atoms with Crippen LogP contribution in [0.25, 0.3) is 11.4 Å². The Kier molecular flexibility index (Phi) is 5.69. The summed E-state index contributed by atoms with van der Waals surface area (Å²) in [6.45, 7) is 1.08. The number of rotatable bonds is 5. The van der Waals surface area contributed by atoms with Gasteiger partial charge in [0.2, 0.25) is 11.7 Å². The molecule has 2 amide bonds. The second-order valence-corrected chi connectivity index (χ2v) is 6.91. The lowest BCUT2D eigenvalue weighted by atomic mass is 10.0. The van der Waals surface area contributed by atoms with Gasteiger partial charge in [-0.15, -0.1) is 0 Å². The molecule has 0 saturated carbocycles. The highest BCUT2D eigenvalue weighted by molar-refractivity contribution is 5.74. The topological polar surface area (TPSA) is 93.4 Å². The van der Waals surface area contributed by atoms with Gasteiger partial charge in [-0.1, -0.05) is 17.3 Å². The molecule has 3 heterocycles. The predicted octanol–water partition coefficient (Wildman–Crippen LogP) is 3.58. The maximum Gasteiger partial charge on any atom is 0.318 e. The van der Waals surface area contributed by atoms with Crippen LogP contribution in [0, 0.1) is 0 Å². The molecule has 29 heavy (non-hydrogen) atoms. The second-order valence-electron chi connectivity index (χ2n) is 6.91. The summed E-state index contributed by atoms with van der Waals surface area (Å²) in [6, 6.07) is 10.9. The number of nitrogens with zero attached hydrogens (tertiary/aromatic N) is 4. The fourth-order valence-electron chi connectivity index (χ4n) is 3.48. The zero-order valence-corrected chi connectivity index (χ0v) is 16.2. The van der Waals surface area contributed by atoms with Crippen LogP contribution < -0.4 is 10.1 Å². The van der Waals surface area contributed by atoms with Crippen molar-refractivity contribution in [2.24, 2.45) is 0 Å². The highest BCUT2D eigenvalue weighted by atomic mass is 16.5. The number of amides is 2. The molecule has 1 aliphatic rings. The minimum Gasteiger partial charge on any atom is -0.497 e. The van der Waals surface area contributed by atoms with Gasteiger partial charge in [-0.2, -0.15) is 4.98 Å². The Morgan fingerprint density at radius 3 is 2.97 bits per heavy atom. The van der Waals surface area contributed by atoms with E-state index in [1.165, 1.54) is 0 Å². The van der Waals surface area contributed by atoms with Crippen LogP contribution in [0.3, 0.4) is 0 Å². The number of nitrogens with one attached hydrogen (secondary N) is 1. The van der Waals surface area contributed by atoms with E-state index in [2.05, 4.69) is 20.4 Å². The average Bonchev–Trinajstić information content (AvgIpc) is 3.28. The first kappa shape index (κ1) is 18.9. The third-order valence-corrected chi connectivity index (χ3v) is 5.01. The first-order valence-corrected chi connectivity index (χ1v) is 9.66. The number of ether oxygens (including phenoxy) is 1. The Hall–Kier alpha value is -3.42.